The van der Waals surface area contributed by atoms with Gasteiger partial charge in [-0.2, -0.15) is 0 Å². The average Bonchev–Trinajstić information content (AvgIpc) is 2.46. The Balaban J connectivity index is 2.15. The monoisotopic (exact) mass is 287 g/mol. The Morgan fingerprint density at radius 1 is 1.52 bits per heavy atom. The Kier molecular flexibility index (Phi) is 5.00. The number of aliphatic hydroxyl groups excluding tert-OH is 1. The second-order valence-corrected chi connectivity index (χ2v) is 5.66. The molecule has 4 nitrogen and oxygen atoms in total. The molecule has 1 aliphatic heterocycles. The molecular formula is C17H21NO3. The average molecular weight is 287 g/mol. The predicted octanol–water partition coefficient (Wildman–Crippen LogP) is 1.64. The number of nitrogens with one attached hydrogen (secondary N) is 1. The fraction of sp³-hybridized carbons (Fsp3) is 0.471. The molecule has 1 atom stereocenters. The van der Waals surface area contributed by atoms with E-state index in [-0.39, 0.29) is 18.1 Å². The Bertz CT molecular complexity index is 577. The summed E-state index contributed by atoms with van der Waals surface area (Å²) < 4.78 is 5.45. The van der Waals surface area contributed by atoms with Gasteiger partial charge in [-0.25, -0.2) is 0 Å². The molecule has 0 radical (unpaired) electrons. The van der Waals surface area contributed by atoms with E-state index in [9.17, 15) is 4.79 Å². The number of benzene rings is 1. The molecule has 0 saturated carbocycles. The molecule has 4 heteroatoms. The summed E-state index contributed by atoms with van der Waals surface area (Å²) in [6.45, 7) is 5.05. The normalized spacial score (nSPS) is 21.3. The number of aliphatic hydroxyl groups is 1. The summed E-state index contributed by atoms with van der Waals surface area (Å²) in [5, 5.41) is 11.8. The number of aryl methyl sites for hydroxylation is 1. The standard InChI is InChI=1S/C17H21NO3/c1-13-6-7-15(11-14(13)5-3-9-19)16(20)18-17(2)8-4-10-21-12-17/h6-7,11,19H,4,8-10,12H2,1-2H3,(H,18,20). The van der Waals surface area contributed by atoms with Crippen molar-refractivity contribution < 1.29 is 14.6 Å². The maximum absolute atomic E-state index is 12.4. The van der Waals surface area contributed by atoms with Gasteiger partial charge in [-0.1, -0.05) is 17.9 Å². The highest BCUT2D eigenvalue weighted by Crippen LogP contribution is 2.19. The third-order valence-electron chi connectivity index (χ3n) is 3.66. The SMILES string of the molecule is Cc1ccc(C(=O)NC2(C)CCCOC2)cc1C#CCO. The van der Waals surface area contributed by atoms with Gasteiger partial charge in [0, 0.05) is 17.7 Å². The van der Waals surface area contributed by atoms with Crippen molar-refractivity contribution in [3.63, 3.8) is 0 Å². The lowest BCUT2D eigenvalue weighted by Gasteiger charge is -2.34. The number of carbonyl (C=O) groups excluding carboxylic acids is 1. The Morgan fingerprint density at radius 3 is 3.00 bits per heavy atom. The molecule has 2 N–H and O–H groups in total. The smallest absolute Gasteiger partial charge is 0.251 e. The molecule has 0 aromatic heterocycles. The van der Waals surface area contributed by atoms with Crippen molar-refractivity contribution in [3.8, 4) is 11.8 Å². The van der Waals surface area contributed by atoms with Crippen LogP contribution in [0.15, 0.2) is 18.2 Å². The van der Waals surface area contributed by atoms with Crippen LogP contribution < -0.4 is 5.32 Å². The van der Waals surface area contributed by atoms with Crippen molar-refractivity contribution in [1.29, 1.82) is 0 Å². The fourth-order valence-corrected chi connectivity index (χ4v) is 2.41. The zero-order chi connectivity index (χ0) is 15.3. The van der Waals surface area contributed by atoms with Crippen molar-refractivity contribution >= 4 is 5.91 Å². The number of hydrogen-bond acceptors (Lipinski definition) is 3. The molecule has 0 aliphatic carbocycles. The molecule has 1 aromatic carbocycles. The lowest BCUT2D eigenvalue weighted by molar-refractivity contribution is 0.0272. The zero-order valence-electron chi connectivity index (χ0n) is 12.5. The van der Waals surface area contributed by atoms with Crippen LogP contribution in [-0.4, -0.2) is 36.4 Å². The lowest BCUT2D eigenvalue weighted by Crippen LogP contribution is -2.51. The van der Waals surface area contributed by atoms with Gasteiger partial charge in [0.25, 0.3) is 5.91 Å². The molecule has 21 heavy (non-hydrogen) atoms. The number of rotatable bonds is 2. The quantitative estimate of drug-likeness (QED) is 0.813. The summed E-state index contributed by atoms with van der Waals surface area (Å²) in [5.74, 6) is 5.36. The van der Waals surface area contributed by atoms with Gasteiger partial charge < -0.3 is 15.2 Å². The Labute approximate surface area is 125 Å². The van der Waals surface area contributed by atoms with Gasteiger partial charge in [0.1, 0.15) is 6.61 Å². The lowest BCUT2D eigenvalue weighted by atomic mass is 9.94. The van der Waals surface area contributed by atoms with Crippen LogP contribution in [0.25, 0.3) is 0 Å². The highest BCUT2D eigenvalue weighted by atomic mass is 16.5. The van der Waals surface area contributed by atoms with Gasteiger partial charge in [-0.05, 0) is 44.4 Å². The molecule has 1 unspecified atom stereocenters. The van der Waals surface area contributed by atoms with Crippen molar-refractivity contribution in [2.24, 2.45) is 0 Å². The van der Waals surface area contributed by atoms with Gasteiger partial charge in [0.2, 0.25) is 0 Å². The predicted molar refractivity (Wildman–Crippen MR) is 81.1 cm³/mol. The van der Waals surface area contributed by atoms with Crippen molar-refractivity contribution in [2.45, 2.75) is 32.2 Å². The van der Waals surface area contributed by atoms with Crippen LogP contribution in [0.3, 0.4) is 0 Å². The van der Waals surface area contributed by atoms with Gasteiger partial charge >= 0.3 is 0 Å². The molecule has 1 amide bonds. The van der Waals surface area contributed by atoms with Crippen LogP contribution in [0.4, 0.5) is 0 Å². The molecule has 112 valence electrons. The van der Waals surface area contributed by atoms with E-state index < -0.39 is 0 Å². The van der Waals surface area contributed by atoms with E-state index in [4.69, 9.17) is 9.84 Å². The largest absolute Gasteiger partial charge is 0.384 e. The Hall–Kier alpha value is -1.83. The number of carbonyl (C=O) groups is 1. The minimum absolute atomic E-state index is 0.116. The fourth-order valence-electron chi connectivity index (χ4n) is 2.41. The third-order valence-corrected chi connectivity index (χ3v) is 3.66. The molecule has 1 saturated heterocycles. The summed E-state index contributed by atoms with van der Waals surface area (Å²) in [7, 11) is 0. The van der Waals surface area contributed by atoms with Gasteiger partial charge in [-0.3, -0.25) is 4.79 Å². The van der Waals surface area contributed by atoms with E-state index in [1.54, 1.807) is 12.1 Å². The van der Waals surface area contributed by atoms with E-state index in [2.05, 4.69) is 17.2 Å². The summed E-state index contributed by atoms with van der Waals surface area (Å²) in [6, 6.07) is 5.43. The second kappa shape index (κ2) is 6.75. The molecule has 1 fully saturated rings. The van der Waals surface area contributed by atoms with E-state index in [0.29, 0.717) is 12.2 Å². The maximum atomic E-state index is 12.4. The number of ether oxygens (including phenoxy) is 1. The van der Waals surface area contributed by atoms with Crippen LogP contribution in [-0.2, 0) is 4.74 Å². The van der Waals surface area contributed by atoms with Crippen molar-refractivity contribution in [1.82, 2.24) is 5.32 Å². The first kappa shape index (κ1) is 15.6. The second-order valence-electron chi connectivity index (χ2n) is 5.66. The molecule has 0 spiro atoms. The minimum Gasteiger partial charge on any atom is -0.384 e. The third kappa shape index (κ3) is 4.07. The molecule has 2 rings (SSSR count). The molecule has 1 aliphatic rings. The van der Waals surface area contributed by atoms with Crippen molar-refractivity contribution in [3.05, 3.63) is 34.9 Å². The number of amides is 1. The van der Waals surface area contributed by atoms with Crippen molar-refractivity contribution in [2.75, 3.05) is 19.8 Å². The Morgan fingerprint density at radius 2 is 2.33 bits per heavy atom. The molecule has 0 bridgehead atoms. The molecule has 1 heterocycles. The molecular weight excluding hydrogens is 266 g/mol. The summed E-state index contributed by atoms with van der Waals surface area (Å²) in [5.41, 5.74) is 2.02. The van der Waals surface area contributed by atoms with E-state index in [0.717, 1.165) is 30.6 Å². The van der Waals surface area contributed by atoms with Crippen LogP contribution in [0, 0.1) is 18.8 Å². The summed E-state index contributed by atoms with van der Waals surface area (Å²) >= 11 is 0. The topological polar surface area (TPSA) is 58.6 Å². The molecule has 1 aromatic rings. The van der Waals surface area contributed by atoms with Crippen LogP contribution in [0.2, 0.25) is 0 Å². The highest BCUT2D eigenvalue weighted by Gasteiger charge is 2.29. The summed E-state index contributed by atoms with van der Waals surface area (Å²) in [4.78, 5) is 12.4. The highest BCUT2D eigenvalue weighted by molar-refractivity contribution is 5.95. The first-order chi connectivity index (χ1) is 10.0. The van der Waals surface area contributed by atoms with Gasteiger partial charge in [-0.15, -0.1) is 0 Å². The van der Waals surface area contributed by atoms with E-state index in [1.165, 1.54) is 0 Å². The van der Waals surface area contributed by atoms with Crippen LogP contribution >= 0.6 is 0 Å². The number of hydrogen-bond donors (Lipinski definition) is 2. The van der Waals surface area contributed by atoms with Gasteiger partial charge in [0.05, 0.1) is 12.1 Å². The van der Waals surface area contributed by atoms with Gasteiger partial charge in [0.15, 0.2) is 0 Å². The van der Waals surface area contributed by atoms with Crippen LogP contribution in [0.5, 0.6) is 0 Å². The maximum Gasteiger partial charge on any atom is 0.251 e. The first-order valence-corrected chi connectivity index (χ1v) is 7.15. The van der Waals surface area contributed by atoms with E-state index in [1.807, 2.05) is 19.9 Å². The first-order valence-electron chi connectivity index (χ1n) is 7.15. The van der Waals surface area contributed by atoms with E-state index >= 15 is 0 Å². The summed E-state index contributed by atoms with van der Waals surface area (Å²) in [6.07, 6.45) is 1.87. The zero-order valence-corrected chi connectivity index (χ0v) is 12.5. The van der Waals surface area contributed by atoms with Crippen LogP contribution in [0.1, 0.15) is 41.3 Å². The minimum atomic E-state index is -0.308.